The first-order chi connectivity index (χ1) is 6.16. The summed E-state index contributed by atoms with van der Waals surface area (Å²) in [7, 11) is -5.84. The summed E-state index contributed by atoms with van der Waals surface area (Å²) in [6.45, 7) is 2.23. The lowest BCUT2D eigenvalue weighted by molar-refractivity contribution is -0.0510. The monoisotopic (exact) mass is 348 g/mol. The third-order valence-electron chi connectivity index (χ3n) is 1.03. The van der Waals surface area contributed by atoms with Crippen LogP contribution in [0.4, 0.5) is 13.2 Å². The maximum atomic E-state index is 10.7. The van der Waals surface area contributed by atoms with Crippen LogP contribution in [0.5, 0.6) is 0 Å². The lowest BCUT2D eigenvalue weighted by Gasteiger charge is -1.97. The fraction of sp³-hybridized carbons (Fsp3) is 1.00. The normalized spacial score (nSPS) is 11.9. The first-order valence-corrected chi connectivity index (χ1v) is 6.73. The van der Waals surface area contributed by atoms with Gasteiger partial charge in [0.05, 0.1) is 0 Å². The zero-order valence-electron chi connectivity index (χ0n) is 7.51. The number of halogens is 4. The van der Waals surface area contributed by atoms with E-state index < -0.39 is 15.6 Å². The molecule has 0 saturated carbocycles. The van der Waals surface area contributed by atoms with Crippen molar-refractivity contribution in [2.24, 2.45) is 0 Å². The van der Waals surface area contributed by atoms with Gasteiger partial charge in [-0.15, -0.1) is 0 Å². The molecule has 1 N–H and O–H groups in total. The molecule has 8 heteroatoms. The van der Waals surface area contributed by atoms with E-state index in [2.05, 4.69) is 29.5 Å². The predicted octanol–water partition coefficient (Wildman–Crippen LogP) is 3.01. The number of rotatable bonds is 3. The van der Waals surface area contributed by atoms with E-state index in [0.717, 1.165) is 0 Å². The summed E-state index contributed by atoms with van der Waals surface area (Å²) in [5, 5.41) is 0. The van der Waals surface area contributed by atoms with Crippen molar-refractivity contribution in [3.63, 3.8) is 0 Å². The van der Waals surface area contributed by atoms with Crippen molar-refractivity contribution in [1.82, 2.24) is 0 Å². The Kier molecular flexibility index (Phi) is 9.25. The number of hydrogen-bond acceptors (Lipinski definition) is 2. The molecule has 14 heavy (non-hydrogen) atoms. The van der Waals surface area contributed by atoms with Crippen molar-refractivity contribution in [3.8, 4) is 0 Å². The van der Waals surface area contributed by atoms with Crippen LogP contribution < -0.4 is 0 Å². The van der Waals surface area contributed by atoms with Crippen LogP contribution in [0.1, 0.15) is 26.2 Å². The van der Waals surface area contributed by atoms with E-state index in [4.69, 9.17) is 13.0 Å². The molecular formula is C6H12F3IO3S. The third-order valence-corrected chi connectivity index (χ3v) is 2.38. The Bertz CT molecular complexity index is 221. The molecule has 0 saturated heterocycles. The van der Waals surface area contributed by atoms with Gasteiger partial charge in [-0.05, 0) is 10.8 Å². The van der Waals surface area contributed by atoms with Gasteiger partial charge in [0.25, 0.3) is 0 Å². The van der Waals surface area contributed by atoms with Crippen LogP contribution in [0.15, 0.2) is 0 Å². The Morgan fingerprint density at radius 1 is 1.29 bits per heavy atom. The van der Waals surface area contributed by atoms with Crippen LogP contribution in [-0.2, 0) is 10.1 Å². The summed E-state index contributed by atoms with van der Waals surface area (Å²) in [5.74, 6) is 0. The van der Waals surface area contributed by atoms with Crippen LogP contribution in [0.25, 0.3) is 0 Å². The zero-order chi connectivity index (χ0) is 11.8. The predicted molar refractivity (Wildman–Crippen MR) is 56.0 cm³/mol. The molecule has 0 rings (SSSR count). The Morgan fingerprint density at radius 3 is 1.71 bits per heavy atom. The van der Waals surface area contributed by atoms with E-state index in [1.165, 1.54) is 23.7 Å². The highest BCUT2D eigenvalue weighted by Crippen LogP contribution is 2.20. The van der Waals surface area contributed by atoms with E-state index >= 15 is 0 Å². The maximum Gasteiger partial charge on any atom is 0.522 e. The highest BCUT2D eigenvalue weighted by molar-refractivity contribution is 14.1. The number of hydrogen-bond donors (Lipinski definition) is 1. The molecule has 0 aromatic rings. The van der Waals surface area contributed by atoms with E-state index in [-0.39, 0.29) is 0 Å². The van der Waals surface area contributed by atoms with Gasteiger partial charge in [-0.3, -0.25) is 4.55 Å². The van der Waals surface area contributed by atoms with Crippen LogP contribution in [0, 0.1) is 0 Å². The fourth-order valence-electron chi connectivity index (χ4n) is 0.344. The van der Waals surface area contributed by atoms with Gasteiger partial charge < -0.3 is 0 Å². The second-order valence-electron chi connectivity index (χ2n) is 2.32. The molecule has 0 aliphatic heterocycles. The average Bonchev–Trinajstić information content (AvgIpc) is 1.98. The first-order valence-electron chi connectivity index (χ1n) is 3.76. The topological polar surface area (TPSA) is 54.4 Å². The molecule has 0 aliphatic rings. The van der Waals surface area contributed by atoms with E-state index in [9.17, 15) is 13.2 Å². The molecule has 0 aromatic carbocycles. The highest BCUT2D eigenvalue weighted by Gasteiger charge is 2.44. The Morgan fingerprint density at radius 2 is 1.64 bits per heavy atom. The Labute approximate surface area is 95.0 Å². The molecule has 0 bridgehead atoms. The van der Waals surface area contributed by atoms with Crippen LogP contribution >= 0.6 is 22.6 Å². The molecule has 3 nitrogen and oxygen atoms in total. The van der Waals surface area contributed by atoms with E-state index in [1.54, 1.807) is 0 Å². The highest BCUT2D eigenvalue weighted by atomic mass is 127. The molecule has 0 unspecified atom stereocenters. The smallest absolute Gasteiger partial charge is 0.279 e. The lowest BCUT2D eigenvalue weighted by atomic mass is 10.3. The van der Waals surface area contributed by atoms with Crippen LogP contribution in [-0.4, -0.2) is 22.9 Å². The van der Waals surface area contributed by atoms with Gasteiger partial charge in [0.15, 0.2) is 0 Å². The molecule has 0 amide bonds. The lowest BCUT2D eigenvalue weighted by Crippen LogP contribution is -2.21. The van der Waals surface area contributed by atoms with Crippen molar-refractivity contribution >= 4 is 32.7 Å². The average molecular weight is 348 g/mol. The minimum Gasteiger partial charge on any atom is -0.279 e. The van der Waals surface area contributed by atoms with Crippen molar-refractivity contribution in [2.75, 3.05) is 4.43 Å². The quantitative estimate of drug-likeness (QED) is 0.281. The second-order valence-corrected chi connectivity index (χ2v) is 4.81. The van der Waals surface area contributed by atoms with E-state index in [1.807, 2.05) is 0 Å². The van der Waals surface area contributed by atoms with Gasteiger partial charge in [0.2, 0.25) is 0 Å². The van der Waals surface area contributed by atoms with E-state index in [0.29, 0.717) is 0 Å². The molecular weight excluding hydrogens is 336 g/mol. The largest absolute Gasteiger partial charge is 0.522 e. The summed E-state index contributed by atoms with van der Waals surface area (Å²) in [6, 6.07) is 0. The van der Waals surface area contributed by atoms with Crippen molar-refractivity contribution in [3.05, 3.63) is 0 Å². The maximum absolute atomic E-state index is 10.7. The summed E-state index contributed by atoms with van der Waals surface area (Å²) in [6.07, 6.45) is 4.16. The van der Waals surface area contributed by atoms with Gasteiger partial charge in [-0.25, -0.2) is 0 Å². The molecule has 88 valence electrons. The van der Waals surface area contributed by atoms with Crippen molar-refractivity contribution < 1.29 is 26.1 Å². The van der Waals surface area contributed by atoms with Crippen LogP contribution in [0.3, 0.4) is 0 Å². The minimum atomic E-state index is -5.84. The van der Waals surface area contributed by atoms with Crippen molar-refractivity contribution in [2.45, 2.75) is 31.7 Å². The summed E-state index contributed by atoms with van der Waals surface area (Å²) < 4.78 is 58.9. The zero-order valence-corrected chi connectivity index (χ0v) is 10.5. The molecule has 0 spiro atoms. The van der Waals surface area contributed by atoms with Gasteiger partial charge in [0, 0.05) is 0 Å². The summed E-state index contributed by atoms with van der Waals surface area (Å²) in [4.78, 5) is 0. The first kappa shape index (κ1) is 16.8. The SMILES string of the molecule is CCCCCI.O=S(=O)(O)C(F)(F)F. The Hall–Kier alpha value is 0.430. The number of unbranched alkanes of at least 4 members (excludes halogenated alkanes) is 2. The van der Waals surface area contributed by atoms with Crippen LogP contribution in [0.2, 0.25) is 0 Å². The molecule has 0 heterocycles. The molecule has 0 aliphatic carbocycles. The second kappa shape index (κ2) is 7.69. The molecule has 0 aromatic heterocycles. The fourth-order valence-corrected chi connectivity index (χ4v) is 0.884. The van der Waals surface area contributed by atoms with Gasteiger partial charge >= 0.3 is 15.6 Å². The molecule has 0 radical (unpaired) electrons. The Balaban J connectivity index is 0. The van der Waals surface area contributed by atoms with Gasteiger partial charge in [-0.2, -0.15) is 21.6 Å². The van der Waals surface area contributed by atoms with Gasteiger partial charge in [-0.1, -0.05) is 42.4 Å². The summed E-state index contributed by atoms with van der Waals surface area (Å²) in [5.41, 5.74) is -5.53. The molecule has 0 fully saturated rings. The van der Waals surface area contributed by atoms with Crippen molar-refractivity contribution in [1.29, 1.82) is 0 Å². The minimum absolute atomic E-state index is 1.32. The molecule has 0 atom stereocenters. The number of alkyl halides is 4. The summed E-state index contributed by atoms with van der Waals surface area (Å²) >= 11 is 2.41. The third kappa shape index (κ3) is 10.5. The van der Waals surface area contributed by atoms with Gasteiger partial charge in [0.1, 0.15) is 0 Å². The standard InChI is InChI=1S/C5H11I.CHF3O3S/c1-2-3-4-5-6;2-1(3,4)8(5,6)7/h2-5H2,1H3;(H,5,6,7).